The summed E-state index contributed by atoms with van der Waals surface area (Å²) in [5.41, 5.74) is -0.784. The van der Waals surface area contributed by atoms with Gasteiger partial charge in [-0.1, -0.05) is 30.3 Å². The SMILES string of the molecule is CC(=O)OCC1OC(SC(=O)c2ccccc2)C(OC(C)=O)C(OC(C)=O)C1OC(C)=O. The van der Waals surface area contributed by atoms with Crippen LogP contribution >= 0.6 is 11.8 Å². The molecule has 0 bridgehead atoms. The van der Waals surface area contributed by atoms with Gasteiger partial charge in [0.25, 0.3) is 0 Å². The van der Waals surface area contributed by atoms with Crippen LogP contribution in [0.25, 0.3) is 0 Å². The van der Waals surface area contributed by atoms with Gasteiger partial charge in [-0.25, -0.2) is 0 Å². The normalized spacial score (nSPS) is 24.7. The minimum Gasteiger partial charge on any atom is -0.463 e. The summed E-state index contributed by atoms with van der Waals surface area (Å²) < 4.78 is 26.8. The number of carbonyl (C=O) groups is 5. The van der Waals surface area contributed by atoms with Gasteiger partial charge < -0.3 is 23.7 Å². The predicted octanol–water partition coefficient (Wildman–Crippen LogP) is 1.64. The summed E-state index contributed by atoms with van der Waals surface area (Å²) >= 11 is 0.703. The monoisotopic (exact) mass is 468 g/mol. The number of carbonyl (C=O) groups excluding carboxylic acids is 5. The van der Waals surface area contributed by atoms with Crippen LogP contribution < -0.4 is 0 Å². The van der Waals surface area contributed by atoms with Crippen molar-refractivity contribution in [3.63, 3.8) is 0 Å². The lowest BCUT2D eigenvalue weighted by atomic mass is 9.99. The number of esters is 4. The van der Waals surface area contributed by atoms with Crippen LogP contribution in [0.5, 0.6) is 0 Å². The molecule has 174 valence electrons. The van der Waals surface area contributed by atoms with E-state index in [1.807, 2.05) is 0 Å². The Morgan fingerprint density at radius 2 is 1.31 bits per heavy atom. The van der Waals surface area contributed by atoms with Crippen molar-refractivity contribution in [1.29, 1.82) is 0 Å². The van der Waals surface area contributed by atoms with Crippen molar-refractivity contribution in [2.75, 3.05) is 6.61 Å². The number of ether oxygens (including phenoxy) is 5. The van der Waals surface area contributed by atoms with E-state index < -0.39 is 58.8 Å². The molecule has 0 aromatic heterocycles. The molecule has 0 spiro atoms. The Morgan fingerprint density at radius 3 is 1.84 bits per heavy atom. The van der Waals surface area contributed by atoms with Gasteiger partial charge in [0.05, 0.1) is 0 Å². The second kappa shape index (κ2) is 11.6. The summed E-state index contributed by atoms with van der Waals surface area (Å²) in [6.45, 7) is 4.23. The molecule has 1 aromatic rings. The van der Waals surface area contributed by atoms with Gasteiger partial charge >= 0.3 is 23.9 Å². The zero-order valence-electron chi connectivity index (χ0n) is 18.0. The van der Waals surface area contributed by atoms with Gasteiger partial charge in [0.15, 0.2) is 23.7 Å². The van der Waals surface area contributed by atoms with Gasteiger partial charge in [0, 0.05) is 33.3 Å². The van der Waals surface area contributed by atoms with Crippen molar-refractivity contribution in [2.24, 2.45) is 0 Å². The number of hydrogen-bond acceptors (Lipinski definition) is 11. The van der Waals surface area contributed by atoms with Crippen molar-refractivity contribution in [1.82, 2.24) is 0 Å². The molecule has 5 unspecified atom stereocenters. The molecule has 5 atom stereocenters. The topological polar surface area (TPSA) is 132 Å². The zero-order valence-corrected chi connectivity index (χ0v) is 18.8. The van der Waals surface area contributed by atoms with Gasteiger partial charge in [0.2, 0.25) is 5.12 Å². The predicted molar refractivity (Wildman–Crippen MR) is 110 cm³/mol. The maximum Gasteiger partial charge on any atom is 0.303 e. The van der Waals surface area contributed by atoms with Crippen molar-refractivity contribution >= 4 is 40.8 Å². The first-order chi connectivity index (χ1) is 15.1. The summed E-state index contributed by atoms with van der Waals surface area (Å²) in [7, 11) is 0. The van der Waals surface area contributed by atoms with E-state index in [0.717, 1.165) is 20.8 Å². The third-order valence-electron chi connectivity index (χ3n) is 4.18. The highest BCUT2D eigenvalue weighted by Crippen LogP contribution is 2.35. The first-order valence-corrected chi connectivity index (χ1v) is 10.5. The van der Waals surface area contributed by atoms with E-state index in [0.29, 0.717) is 17.3 Å². The summed E-state index contributed by atoms with van der Waals surface area (Å²) in [5, 5.41) is -0.397. The molecule has 0 N–H and O–H groups in total. The summed E-state index contributed by atoms with van der Waals surface area (Å²) in [5.74, 6) is -2.81. The lowest BCUT2D eigenvalue weighted by molar-refractivity contribution is -0.237. The third-order valence-corrected chi connectivity index (χ3v) is 5.24. The molecule has 0 aliphatic carbocycles. The number of benzene rings is 1. The van der Waals surface area contributed by atoms with Crippen LogP contribution in [0, 0.1) is 0 Å². The van der Waals surface area contributed by atoms with Crippen LogP contribution in [0.4, 0.5) is 0 Å². The van der Waals surface area contributed by atoms with E-state index >= 15 is 0 Å². The molecular formula is C21H24O10S. The second-order valence-corrected chi connectivity index (χ2v) is 7.91. The number of thioether (sulfide) groups is 1. The van der Waals surface area contributed by atoms with Crippen LogP contribution in [-0.2, 0) is 42.9 Å². The lowest BCUT2D eigenvalue weighted by Gasteiger charge is -2.43. The highest BCUT2D eigenvalue weighted by molar-refractivity contribution is 8.14. The molecule has 0 amide bonds. The minimum atomic E-state index is -1.31. The number of rotatable bonds is 7. The average molecular weight is 468 g/mol. The molecule has 10 nitrogen and oxygen atoms in total. The Hall–Kier alpha value is -2.92. The average Bonchev–Trinajstić information content (AvgIpc) is 2.70. The Bertz CT molecular complexity index is 855. The van der Waals surface area contributed by atoms with Crippen LogP contribution in [0.2, 0.25) is 0 Å². The smallest absolute Gasteiger partial charge is 0.303 e. The maximum absolute atomic E-state index is 12.8. The molecule has 11 heteroatoms. The first kappa shape index (κ1) is 25.3. The Balaban J connectivity index is 2.42. The van der Waals surface area contributed by atoms with E-state index in [4.69, 9.17) is 23.7 Å². The van der Waals surface area contributed by atoms with Crippen LogP contribution in [0.3, 0.4) is 0 Å². The second-order valence-electron chi connectivity index (χ2n) is 6.84. The standard InChI is InChI=1S/C21H24O10S/c1-11(22)27-10-16-17(28-12(2)23)18(29-13(3)24)19(30-14(4)25)21(31-16)32-20(26)15-8-6-5-7-9-15/h5-9,16-19,21H,10H2,1-4H3. The van der Waals surface area contributed by atoms with E-state index in [1.54, 1.807) is 30.3 Å². The van der Waals surface area contributed by atoms with Crippen LogP contribution in [-0.4, -0.2) is 65.5 Å². The molecular weight excluding hydrogens is 444 g/mol. The lowest BCUT2D eigenvalue weighted by Crippen LogP contribution is -2.61. The molecule has 32 heavy (non-hydrogen) atoms. The highest BCUT2D eigenvalue weighted by Gasteiger charge is 2.53. The summed E-state index contributed by atoms with van der Waals surface area (Å²) in [6, 6.07) is 8.30. The largest absolute Gasteiger partial charge is 0.463 e. The fraction of sp³-hybridized carbons (Fsp3) is 0.476. The Labute approximate surface area is 188 Å². The molecule has 0 saturated carbocycles. The molecule has 0 radical (unpaired) electrons. The van der Waals surface area contributed by atoms with Crippen LogP contribution in [0.1, 0.15) is 38.1 Å². The molecule has 1 heterocycles. The van der Waals surface area contributed by atoms with E-state index in [2.05, 4.69) is 0 Å². The molecule has 1 aliphatic heterocycles. The first-order valence-electron chi connectivity index (χ1n) is 9.65. The van der Waals surface area contributed by atoms with Gasteiger partial charge in [-0.15, -0.1) is 0 Å². The quantitative estimate of drug-likeness (QED) is 0.427. The van der Waals surface area contributed by atoms with Gasteiger partial charge in [-0.05, 0) is 11.8 Å². The van der Waals surface area contributed by atoms with Gasteiger partial charge in [-0.2, -0.15) is 0 Å². The molecule has 1 saturated heterocycles. The Kier molecular flexibility index (Phi) is 9.21. The van der Waals surface area contributed by atoms with Gasteiger partial charge in [-0.3, -0.25) is 24.0 Å². The maximum atomic E-state index is 12.8. The van der Waals surface area contributed by atoms with E-state index in [1.165, 1.54) is 6.92 Å². The summed E-state index contributed by atoms with van der Waals surface area (Å²) in [6.07, 6.45) is -4.95. The Morgan fingerprint density at radius 1 is 0.781 bits per heavy atom. The van der Waals surface area contributed by atoms with Crippen molar-refractivity contribution in [2.45, 2.75) is 57.5 Å². The van der Waals surface area contributed by atoms with E-state index in [-0.39, 0.29) is 6.61 Å². The molecule has 2 rings (SSSR count). The van der Waals surface area contributed by atoms with Crippen molar-refractivity contribution in [3.8, 4) is 0 Å². The highest BCUT2D eigenvalue weighted by atomic mass is 32.2. The molecule has 1 aliphatic rings. The zero-order chi connectivity index (χ0) is 23.8. The van der Waals surface area contributed by atoms with Crippen molar-refractivity contribution in [3.05, 3.63) is 35.9 Å². The fourth-order valence-corrected chi connectivity index (χ4v) is 4.06. The van der Waals surface area contributed by atoms with E-state index in [9.17, 15) is 24.0 Å². The van der Waals surface area contributed by atoms with Crippen molar-refractivity contribution < 1.29 is 47.7 Å². The molecule has 1 aromatic carbocycles. The van der Waals surface area contributed by atoms with Gasteiger partial charge in [0.1, 0.15) is 12.7 Å². The third kappa shape index (κ3) is 7.34. The van der Waals surface area contributed by atoms with Crippen LogP contribution in [0.15, 0.2) is 30.3 Å². The fourth-order valence-electron chi connectivity index (χ4n) is 3.03. The summed E-state index contributed by atoms with van der Waals surface area (Å²) in [4.78, 5) is 59.4. The molecule has 1 fully saturated rings. The minimum absolute atomic E-state index is 0.353. The number of hydrogen-bond donors (Lipinski definition) is 0.